The number of nitrogens with one attached hydrogen (secondary N) is 1. The van der Waals surface area contributed by atoms with Crippen LogP contribution >= 0.6 is 0 Å². The van der Waals surface area contributed by atoms with Crippen molar-refractivity contribution in [3.63, 3.8) is 0 Å². The molecule has 0 radical (unpaired) electrons. The maximum absolute atomic E-state index is 9.47. The lowest BCUT2D eigenvalue weighted by molar-refractivity contribution is 0.174. The van der Waals surface area contributed by atoms with Crippen molar-refractivity contribution < 1.29 is 5.11 Å². The standard InChI is InChI=1S/C14H27NO/c1-11-7-8-13(9-11)15-14-6-4-2-3-5-12(14)10-16/h11-16H,2-10H2,1H3. The van der Waals surface area contributed by atoms with Gasteiger partial charge in [0.25, 0.3) is 0 Å². The molecule has 0 aromatic heterocycles. The molecule has 4 atom stereocenters. The van der Waals surface area contributed by atoms with E-state index in [2.05, 4.69) is 12.2 Å². The van der Waals surface area contributed by atoms with Crippen LogP contribution in [0.4, 0.5) is 0 Å². The molecule has 2 saturated carbocycles. The summed E-state index contributed by atoms with van der Waals surface area (Å²) in [5.74, 6) is 1.41. The third-order valence-electron chi connectivity index (χ3n) is 4.54. The SMILES string of the molecule is CC1CCC(NC2CCCCCC2CO)C1. The number of aliphatic hydroxyl groups is 1. The van der Waals surface area contributed by atoms with E-state index in [4.69, 9.17) is 0 Å². The van der Waals surface area contributed by atoms with Crippen LogP contribution in [0.2, 0.25) is 0 Å². The van der Waals surface area contributed by atoms with E-state index in [9.17, 15) is 5.11 Å². The first-order valence-electron chi connectivity index (χ1n) is 7.16. The molecule has 2 aliphatic carbocycles. The molecular weight excluding hydrogens is 198 g/mol. The van der Waals surface area contributed by atoms with E-state index in [0.29, 0.717) is 18.6 Å². The minimum Gasteiger partial charge on any atom is -0.396 e. The van der Waals surface area contributed by atoms with E-state index in [1.165, 1.54) is 51.4 Å². The van der Waals surface area contributed by atoms with Gasteiger partial charge in [-0.25, -0.2) is 0 Å². The van der Waals surface area contributed by atoms with Crippen molar-refractivity contribution >= 4 is 0 Å². The molecule has 2 aliphatic rings. The molecule has 94 valence electrons. The van der Waals surface area contributed by atoms with Crippen molar-refractivity contribution in [2.75, 3.05) is 6.61 Å². The highest BCUT2D eigenvalue weighted by atomic mass is 16.3. The summed E-state index contributed by atoms with van der Waals surface area (Å²) in [4.78, 5) is 0. The molecule has 0 aliphatic heterocycles. The highest BCUT2D eigenvalue weighted by molar-refractivity contribution is 4.86. The lowest BCUT2D eigenvalue weighted by Crippen LogP contribution is -2.42. The second kappa shape index (κ2) is 6.02. The number of hydrogen-bond donors (Lipinski definition) is 2. The van der Waals surface area contributed by atoms with Gasteiger partial charge in [-0.15, -0.1) is 0 Å². The average molecular weight is 225 g/mol. The van der Waals surface area contributed by atoms with E-state index in [-0.39, 0.29) is 0 Å². The molecule has 0 aromatic carbocycles. The Labute approximate surface area is 99.8 Å². The van der Waals surface area contributed by atoms with E-state index in [1.807, 2.05) is 0 Å². The molecule has 0 saturated heterocycles. The lowest BCUT2D eigenvalue weighted by atomic mass is 9.94. The molecule has 2 heteroatoms. The van der Waals surface area contributed by atoms with Crippen LogP contribution in [-0.2, 0) is 0 Å². The van der Waals surface area contributed by atoms with Gasteiger partial charge in [0.2, 0.25) is 0 Å². The smallest absolute Gasteiger partial charge is 0.0474 e. The Hall–Kier alpha value is -0.0800. The molecule has 2 N–H and O–H groups in total. The second-order valence-electron chi connectivity index (χ2n) is 5.97. The fourth-order valence-corrected chi connectivity index (χ4v) is 3.48. The number of aliphatic hydroxyl groups excluding tert-OH is 1. The minimum absolute atomic E-state index is 0.375. The Balaban J connectivity index is 1.85. The van der Waals surface area contributed by atoms with Crippen molar-refractivity contribution in [2.45, 2.75) is 70.4 Å². The Kier molecular flexibility index (Phi) is 4.66. The maximum atomic E-state index is 9.47. The summed E-state index contributed by atoms with van der Waals surface area (Å²) in [7, 11) is 0. The molecular formula is C14H27NO. The zero-order chi connectivity index (χ0) is 11.4. The summed E-state index contributed by atoms with van der Waals surface area (Å²) in [6, 6.07) is 1.31. The summed E-state index contributed by atoms with van der Waals surface area (Å²) in [6.07, 6.45) is 10.6. The van der Waals surface area contributed by atoms with Gasteiger partial charge < -0.3 is 10.4 Å². The predicted molar refractivity (Wildman–Crippen MR) is 67.4 cm³/mol. The van der Waals surface area contributed by atoms with Gasteiger partial charge in [-0.3, -0.25) is 0 Å². The van der Waals surface area contributed by atoms with Gasteiger partial charge in [-0.05, 0) is 43.9 Å². The zero-order valence-electron chi connectivity index (χ0n) is 10.6. The highest BCUT2D eigenvalue weighted by Gasteiger charge is 2.28. The molecule has 0 aromatic rings. The third-order valence-corrected chi connectivity index (χ3v) is 4.54. The predicted octanol–water partition coefficient (Wildman–Crippen LogP) is 2.71. The Morgan fingerprint density at radius 3 is 2.56 bits per heavy atom. The summed E-state index contributed by atoms with van der Waals surface area (Å²) >= 11 is 0. The third kappa shape index (κ3) is 3.21. The fraction of sp³-hybridized carbons (Fsp3) is 1.00. The Bertz CT molecular complexity index is 207. The van der Waals surface area contributed by atoms with E-state index in [1.54, 1.807) is 0 Å². The van der Waals surface area contributed by atoms with Crippen LogP contribution in [0.3, 0.4) is 0 Å². The Morgan fingerprint density at radius 1 is 1.06 bits per heavy atom. The van der Waals surface area contributed by atoms with Crippen LogP contribution < -0.4 is 5.32 Å². The van der Waals surface area contributed by atoms with Crippen molar-refractivity contribution in [3.05, 3.63) is 0 Å². The van der Waals surface area contributed by atoms with Crippen LogP contribution in [0, 0.1) is 11.8 Å². The normalized spacial score (nSPS) is 40.9. The van der Waals surface area contributed by atoms with Crippen molar-refractivity contribution in [1.82, 2.24) is 5.32 Å². The van der Waals surface area contributed by atoms with Gasteiger partial charge in [0.1, 0.15) is 0 Å². The van der Waals surface area contributed by atoms with Crippen LogP contribution in [0.1, 0.15) is 58.3 Å². The molecule has 0 heterocycles. The van der Waals surface area contributed by atoms with Gasteiger partial charge in [-0.2, -0.15) is 0 Å². The molecule has 2 nitrogen and oxygen atoms in total. The molecule has 2 fully saturated rings. The maximum Gasteiger partial charge on any atom is 0.0474 e. The zero-order valence-corrected chi connectivity index (χ0v) is 10.6. The van der Waals surface area contributed by atoms with Gasteiger partial charge in [0.15, 0.2) is 0 Å². The monoisotopic (exact) mass is 225 g/mol. The van der Waals surface area contributed by atoms with Gasteiger partial charge in [0.05, 0.1) is 0 Å². The molecule has 16 heavy (non-hydrogen) atoms. The summed E-state index contributed by atoms with van der Waals surface area (Å²) in [6.45, 7) is 2.73. The van der Waals surface area contributed by atoms with E-state index >= 15 is 0 Å². The fourth-order valence-electron chi connectivity index (χ4n) is 3.48. The van der Waals surface area contributed by atoms with Crippen molar-refractivity contribution in [1.29, 1.82) is 0 Å². The summed E-state index contributed by atoms with van der Waals surface area (Å²) < 4.78 is 0. The number of rotatable bonds is 3. The van der Waals surface area contributed by atoms with Gasteiger partial charge in [0, 0.05) is 18.7 Å². The minimum atomic E-state index is 0.375. The molecule has 0 amide bonds. The first-order valence-corrected chi connectivity index (χ1v) is 7.16. The van der Waals surface area contributed by atoms with Crippen LogP contribution in [0.15, 0.2) is 0 Å². The quantitative estimate of drug-likeness (QED) is 0.724. The van der Waals surface area contributed by atoms with Gasteiger partial charge in [-0.1, -0.05) is 26.2 Å². The average Bonchev–Trinajstić information content (AvgIpc) is 2.56. The first kappa shape index (κ1) is 12.4. The molecule has 0 bridgehead atoms. The highest BCUT2D eigenvalue weighted by Crippen LogP contribution is 2.28. The van der Waals surface area contributed by atoms with Gasteiger partial charge >= 0.3 is 0 Å². The lowest BCUT2D eigenvalue weighted by Gasteiger charge is -2.28. The van der Waals surface area contributed by atoms with E-state index < -0.39 is 0 Å². The summed E-state index contributed by atoms with van der Waals surface area (Å²) in [5.41, 5.74) is 0. The van der Waals surface area contributed by atoms with Crippen LogP contribution in [0.5, 0.6) is 0 Å². The molecule has 4 unspecified atom stereocenters. The first-order chi connectivity index (χ1) is 7.79. The largest absolute Gasteiger partial charge is 0.396 e. The van der Waals surface area contributed by atoms with Crippen LogP contribution in [0.25, 0.3) is 0 Å². The van der Waals surface area contributed by atoms with Crippen molar-refractivity contribution in [3.8, 4) is 0 Å². The molecule has 2 rings (SSSR count). The topological polar surface area (TPSA) is 32.3 Å². The van der Waals surface area contributed by atoms with Crippen molar-refractivity contribution in [2.24, 2.45) is 11.8 Å². The Morgan fingerprint density at radius 2 is 1.88 bits per heavy atom. The summed E-state index contributed by atoms with van der Waals surface area (Å²) in [5, 5.41) is 13.3. The number of hydrogen-bond acceptors (Lipinski definition) is 2. The van der Waals surface area contributed by atoms with E-state index in [0.717, 1.165) is 12.0 Å². The van der Waals surface area contributed by atoms with Crippen LogP contribution in [-0.4, -0.2) is 23.8 Å². The second-order valence-corrected chi connectivity index (χ2v) is 5.97. The molecule has 0 spiro atoms.